The van der Waals surface area contributed by atoms with E-state index in [1.54, 1.807) is 5.57 Å². The van der Waals surface area contributed by atoms with E-state index in [1.165, 1.54) is 853 Å². The van der Waals surface area contributed by atoms with Crippen molar-refractivity contribution in [3.05, 3.63) is 11.1 Å². The molecule has 0 radical (unpaired) electrons. The Morgan fingerprint density at radius 1 is 0.130 bits per heavy atom. The summed E-state index contributed by atoms with van der Waals surface area (Å²) >= 11 is 0. The predicted octanol–water partition coefficient (Wildman–Crippen LogP) is 54.4. The minimum Gasteiger partial charge on any atom is -0.366 e. The molecule has 874 valence electrons. The molecule has 2 N–H and O–H groups in total. The number of amides is 1. The number of rotatable bonds is 137. The second kappa shape index (κ2) is 135. The van der Waals surface area contributed by atoms with Crippen LogP contribution in [0.3, 0.4) is 0 Å². The van der Waals surface area contributed by atoms with Crippen molar-refractivity contribution in [1.29, 1.82) is 0 Å². The van der Waals surface area contributed by atoms with Crippen molar-refractivity contribution in [3.63, 3.8) is 0 Å². The monoisotopic (exact) mass is 2050 g/mol. The fourth-order valence-corrected chi connectivity index (χ4v) is 25.4. The molecule has 0 aliphatic carbocycles. The molecule has 1 amide bonds. The van der Waals surface area contributed by atoms with Crippen molar-refractivity contribution in [2.24, 2.45) is 17.6 Å². The van der Waals surface area contributed by atoms with Gasteiger partial charge in [-0.15, -0.1) is 0 Å². The quantitative estimate of drug-likeness (QED) is 0.0479. The second-order valence-electron chi connectivity index (χ2n) is 50.5. The highest BCUT2D eigenvalue weighted by Gasteiger charge is 2.26. The van der Waals surface area contributed by atoms with Crippen molar-refractivity contribution in [2.75, 3.05) is 0 Å². The van der Waals surface area contributed by atoms with Crippen molar-refractivity contribution in [3.8, 4) is 0 Å². The lowest BCUT2D eigenvalue weighted by Gasteiger charge is -2.26. The van der Waals surface area contributed by atoms with Gasteiger partial charge in [-0.05, 0) is 43.9 Å². The highest BCUT2D eigenvalue weighted by molar-refractivity contribution is 5.93. The molecule has 1 unspecified atom stereocenters. The van der Waals surface area contributed by atoms with Gasteiger partial charge in [0.25, 0.3) is 0 Å². The summed E-state index contributed by atoms with van der Waals surface area (Å²) in [5, 5.41) is 0. The van der Waals surface area contributed by atoms with E-state index in [2.05, 4.69) is 34.6 Å². The molecule has 1 atom stereocenters. The van der Waals surface area contributed by atoms with Crippen LogP contribution in [0.4, 0.5) is 0 Å². The third-order valence-electron chi connectivity index (χ3n) is 35.7. The highest BCUT2D eigenvalue weighted by atomic mass is 16.1. The summed E-state index contributed by atoms with van der Waals surface area (Å²) < 4.78 is 0. The molecule has 0 aliphatic rings. The Morgan fingerprint density at radius 2 is 0.226 bits per heavy atom. The number of carbonyl (C=O) groups excluding carboxylic acids is 1. The maximum Gasteiger partial charge on any atom is 0.244 e. The molecule has 0 bridgehead atoms. The van der Waals surface area contributed by atoms with Gasteiger partial charge in [-0.3, -0.25) is 4.79 Å². The molecule has 2 nitrogen and oxygen atoms in total. The first-order valence-corrected chi connectivity index (χ1v) is 71.6. The molecule has 0 fully saturated rings. The zero-order valence-electron chi connectivity index (χ0n) is 103. The van der Waals surface area contributed by atoms with Crippen LogP contribution in [0.15, 0.2) is 11.1 Å². The van der Waals surface area contributed by atoms with Gasteiger partial charge in [-0.2, -0.15) is 0 Å². The Kier molecular flexibility index (Phi) is 134. The maximum absolute atomic E-state index is 14.8. The number of hydrogen-bond donors (Lipinski definition) is 1. The summed E-state index contributed by atoms with van der Waals surface area (Å²) in [6.07, 6.45) is 192. The highest BCUT2D eigenvalue weighted by Crippen LogP contribution is 2.37. The first kappa shape index (κ1) is 145. The van der Waals surface area contributed by atoms with E-state index in [-0.39, 0.29) is 5.91 Å². The van der Waals surface area contributed by atoms with Crippen molar-refractivity contribution < 1.29 is 4.79 Å². The number of unbranched alkanes of at least 4 members (excludes halogenated alkanes) is 123. The molecule has 2 heteroatoms. The van der Waals surface area contributed by atoms with Gasteiger partial charge >= 0.3 is 0 Å². The van der Waals surface area contributed by atoms with Gasteiger partial charge in [-0.25, -0.2) is 0 Å². The molecule has 146 heavy (non-hydrogen) atoms. The van der Waals surface area contributed by atoms with Crippen LogP contribution >= 0.6 is 0 Å². The van der Waals surface area contributed by atoms with Crippen molar-refractivity contribution >= 4 is 5.91 Å². The third-order valence-corrected chi connectivity index (χ3v) is 35.7. The summed E-state index contributed by atoms with van der Waals surface area (Å²) in [7, 11) is 0. The minimum atomic E-state index is -0.0159. The van der Waals surface area contributed by atoms with Crippen molar-refractivity contribution in [2.45, 2.75) is 895 Å². The Balaban J connectivity index is 6.14. The van der Waals surface area contributed by atoms with Crippen LogP contribution in [0.1, 0.15) is 895 Å². The topological polar surface area (TPSA) is 43.1 Å². The molecular weight excluding hydrogens is 1760 g/mol. The second-order valence-corrected chi connectivity index (χ2v) is 50.5. The number of carbonyl (C=O) groups is 1. The van der Waals surface area contributed by atoms with E-state index >= 15 is 0 Å². The molecule has 0 heterocycles. The molecule has 0 aromatic heterocycles. The fourth-order valence-electron chi connectivity index (χ4n) is 25.4. The SMILES string of the molecule is CCCCCCCCCCCCCCCCCCCCCCCCCCCCCC/C(CC(CCCCCCCCCCCCCCCCCCCC)CCCCCCCCCCCCCCCCCCCCCCCCCCCC)=C(\C(N)=O)C(CCCCCCCCCCCCCCCCCCCCCCCCCCCCCC)CCCCCCCCCCCCCCCCCCCCCCCCCCCCCC. The Morgan fingerprint density at radius 3 is 0.336 bits per heavy atom. The molecule has 0 saturated heterocycles. The lowest BCUT2D eigenvalue weighted by molar-refractivity contribution is -0.115. The van der Waals surface area contributed by atoms with Crippen LogP contribution in [0.25, 0.3) is 0 Å². The third kappa shape index (κ3) is 123. The molecular formula is C144H287NO. The fraction of sp³-hybridized carbons (Fsp3) is 0.979. The lowest BCUT2D eigenvalue weighted by atomic mass is 9.79. The van der Waals surface area contributed by atoms with Crippen molar-refractivity contribution in [1.82, 2.24) is 0 Å². The summed E-state index contributed by atoms with van der Waals surface area (Å²) in [5.41, 5.74) is 9.78. The zero-order chi connectivity index (χ0) is 105. The summed E-state index contributed by atoms with van der Waals surface area (Å²) in [4.78, 5) is 14.8. The molecule has 0 aromatic rings. The van der Waals surface area contributed by atoms with Gasteiger partial charge in [0.15, 0.2) is 0 Å². The molecule has 0 spiro atoms. The number of nitrogens with two attached hydrogens (primary N) is 1. The predicted molar refractivity (Wildman–Crippen MR) is 670 cm³/mol. The summed E-state index contributed by atoms with van der Waals surface area (Å²) in [5.74, 6) is 1.02. The van der Waals surface area contributed by atoms with E-state index < -0.39 is 0 Å². The van der Waals surface area contributed by atoms with Gasteiger partial charge < -0.3 is 5.73 Å². The summed E-state index contributed by atoms with van der Waals surface area (Å²) in [6, 6.07) is 0. The van der Waals surface area contributed by atoms with Crippen LogP contribution in [0.5, 0.6) is 0 Å². The van der Waals surface area contributed by atoms with E-state index in [1.807, 2.05) is 0 Å². The maximum atomic E-state index is 14.8. The van der Waals surface area contributed by atoms with Gasteiger partial charge in [0.05, 0.1) is 0 Å². The van der Waals surface area contributed by atoms with Crippen LogP contribution in [-0.2, 0) is 4.79 Å². The average Bonchev–Trinajstić information content (AvgIpc) is 0.843. The normalized spacial score (nSPS) is 12.3. The molecule has 0 saturated carbocycles. The smallest absolute Gasteiger partial charge is 0.244 e. The average molecular weight is 2050 g/mol. The van der Waals surface area contributed by atoms with Crippen LogP contribution in [0.2, 0.25) is 0 Å². The Labute approximate surface area is 928 Å². The Hall–Kier alpha value is -0.790. The number of primary amides is 1. The number of allylic oxidation sites excluding steroid dienone is 1. The molecule has 0 aromatic carbocycles. The van der Waals surface area contributed by atoms with E-state index in [9.17, 15) is 4.79 Å². The first-order chi connectivity index (χ1) is 72.5. The van der Waals surface area contributed by atoms with Crippen LogP contribution in [0, 0.1) is 11.8 Å². The van der Waals surface area contributed by atoms with E-state index in [4.69, 9.17) is 5.73 Å². The summed E-state index contributed by atoms with van der Waals surface area (Å²) in [6.45, 7) is 11.7. The zero-order valence-corrected chi connectivity index (χ0v) is 103. The van der Waals surface area contributed by atoms with Gasteiger partial charge in [0.2, 0.25) is 5.91 Å². The van der Waals surface area contributed by atoms with E-state index in [0.717, 1.165) is 12.8 Å². The van der Waals surface area contributed by atoms with Gasteiger partial charge in [-0.1, -0.05) is 868 Å². The standard InChI is InChI=1S/C144H287NO/c1-6-11-16-21-26-31-36-41-46-51-56-60-64-68-72-75-79-83-87-91-96-101-106-111-116-121-126-131-136-141(137-132-127-122-117-112-107-102-97-92-88-84-80-76-73-69-65-61-57-52-47-42-37-32-27-22-17-12-7-2)143(144(145)146)142(138-133-128-123-118-113-108-103-98-93-89-85-81-77-74-70-66-62-58-53-48-43-38-33-28-23-18-13-8-3)139-140(134-129-124-119-114-109-104-99-94-55-50-45-40-35-30-25-20-15-10-5)135-130-125-120-115-110-105-100-95-90-86-82-78-71-67-63-59-54-49-44-39-34-29-24-19-14-9-4/h140-141H,6-139H2,1-5H3,(H2,145,146)/b143-142+. The molecule has 0 aliphatic heterocycles. The van der Waals surface area contributed by atoms with Gasteiger partial charge in [0.1, 0.15) is 0 Å². The molecule has 0 rings (SSSR count). The van der Waals surface area contributed by atoms with Gasteiger partial charge in [0, 0.05) is 5.57 Å². The minimum absolute atomic E-state index is 0.0159. The Bertz CT molecular complexity index is 2240. The van der Waals surface area contributed by atoms with E-state index in [0.29, 0.717) is 11.8 Å². The lowest BCUT2D eigenvalue weighted by Crippen LogP contribution is -2.24. The first-order valence-electron chi connectivity index (χ1n) is 71.6. The van der Waals surface area contributed by atoms with Crippen LogP contribution in [-0.4, -0.2) is 5.91 Å². The van der Waals surface area contributed by atoms with Crippen LogP contribution < -0.4 is 5.73 Å². The largest absolute Gasteiger partial charge is 0.366 e. The number of hydrogen-bond acceptors (Lipinski definition) is 1.